The second-order valence-corrected chi connectivity index (χ2v) is 4.52. The van der Waals surface area contributed by atoms with Crippen LogP contribution in [0.3, 0.4) is 0 Å². The number of halogens is 2. The van der Waals surface area contributed by atoms with E-state index >= 15 is 0 Å². The number of amides is 1. The lowest BCUT2D eigenvalue weighted by atomic mass is 10.1. The molecule has 0 fully saturated rings. The van der Waals surface area contributed by atoms with Crippen molar-refractivity contribution < 1.29 is 33.3 Å². The number of hydrogen-bond acceptors (Lipinski definition) is 5. The van der Waals surface area contributed by atoms with Gasteiger partial charge < -0.3 is 19.4 Å². The van der Waals surface area contributed by atoms with Crippen molar-refractivity contribution in [2.45, 2.75) is 6.92 Å². The van der Waals surface area contributed by atoms with Crippen LogP contribution in [-0.2, 0) is 4.79 Å². The van der Waals surface area contributed by atoms with Crippen molar-refractivity contribution in [2.24, 2.45) is 0 Å². The molecule has 2 aromatic rings. The molecule has 1 aromatic heterocycles. The fraction of sp³-hybridized carbons (Fsp3) is 0.0769. The summed E-state index contributed by atoms with van der Waals surface area (Å²) in [6.45, 7) is 1.04. The normalized spacial score (nSPS) is 10.3. The Hall–Kier alpha value is -2.74. The van der Waals surface area contributed by atoms with E-state index in [1.165, 1.54) is 12.1 Å². The standard InChI is InChI=1S/C13H9ClFNO6/c1-5(17)21-11-9(18)10(22-12(11)16-13(19)20)7-3-2-6(14)4-8(7)15/h2-4,16,18H,1H3,(H,19,20). The number of hydrogen-bond donors (Lipinski definition) is 3. The SMILES string of the molecule is CC(=O)Oc1c(NC(=O)O)oc(-c2ccc(Cl)cc2F)c1O. The predicted molar refractivity (Wildman–Crippen MR) is 73.7 cm³/mol. The second-order valence-electron chi connectivity index (χ2n) is 4.09. The molecule has 2 rings (SSSR count). The molecular weight excluding hydrogens is 321 g/mol. The van der Waals surface area contributed by atoms with Crippen molar-refractivity contribution in [2.75, 3.05) is 5.32 Å². The zero-order valence-corrected chi connectivity index (χ0v) is 11.8. The van der Waals surface area contributed by atoms with E-state index in [1.54, 1.807) is 5.32 Å². The number of carbonyl (C=O) groups excluding carboxylic acids is 1. The van der Waals surface area contributed by atoms with Gasteiger partial charge in [0.15, 0.2) is 5.76 Å². The molecule has 0 atom stereocenters. The number of nitrogens with one attached hydrogen (secondary N) is 1. The topological polar surface area (TPSA) is 109 Å². The van der Waals surface area contributed by atoms with E-state index in [1.807, 2.05) is 0 Å². The molecule has 1 amide bonds. The van der Waals surface area contributed by atoms with Crippen molar-refractivity contribution in [1.82, 2.24) is 0 Å². The first-order chi connectivity index (χ1) is 10.3. The van der Waals surface area contributed by atoms with Gasteiger partial charge in [-0.25, -0.2) is 9.18 Å². The highest BCUT2D eigenvalue weighted by Gasteiger charge is 2.27. The van der Waals surface area contributed by atoms with E-state index in [-0.39, 0.29) is 10.6 Å². The number of ether oxygens (including phenoxy) is 1. The first-order valence-corrected chi connectivity index (χ1v) is 6.17. The average molecular weight is 330 g/mol. The summed E-state index contributed by atoms with van der Waals surface area (Å²) in [5.74, 6) is -3.88. The summed E-state index contributed by atoms with van der Waals surface area (Å²) in [6.07, 6.45) is -1.52. The third kappa shape index (κ3) is 3.12. The van der Waals surface area contributed by atoms with E-state index in [9.17, 15) is 19.1 Å². The van der Waals surface area contributed by atoms with Crippen LogP contribution in [-0.4, -0.2) is 22.3 Å². The fourth-order valence-electron chi connectivity index (χ4n) is 1.68. The molecule has 0 radical (unpaired) electrons. The monoisotopic (exact) mass is 329 g/mol. The van der Waals surface area contributed by atoms with Crippen LogP contribution in [0.2, 0.25) is 5.02 Å². The third-order valence-electron chi connectivity index (χ3n) is 2.48. The number of aromatic hydroxyl groups is 1. The summed E-state index contributed by atoms with van der Waals surface area (Å²) < 4.78 is 23.6. The van der Waals surface area contributed by atoms with Crippen LogP contribution in [0.4, 0.5) is 15.1 Å². The Balaban J connectivity index is 2.59. The Labute approximate surface area is 127 Å². The first-order valence-electron chi connectivity index (χ1n) is 5.79. The van der Waals surface area contributed by atoms with Crippen LogP contribution in [0.15, 0.2) is 22.6 Å². The summed E-state index contributed by atoms with van der Waals surface area (Å²) >= 11 is 5.63. The summed E-state index contributed by atoms with van der Waals surface area (Å²) in [5, 5.41) is 20.6. The van der Waals surface area contributed by atoms with Crippen molar-refractivity contribution in [3.05, 3.63) is 29.0 Å². The molecule has 1 aromatic carbocycles. The van der Waals surface area contributed by atoms with Gasteiger partial charge in [0.2, 0.25) is 11.5 Å². The molecule has 0 spiro atoms. The maximum atomic E-state index is 13.9. The van der Waals surface area contributed by atoms with E-state index < -0.39 is 41.0 Å². The van der Waals surface area contributed by atoms with Crippen LogP contribution in [0.25, 0.3) is 11.3 Å². The van der Waals surface area contributed by atoms with Gasteiger partial charge in [0.25, 0.3) is 5.88 Å². The number of anilines is 1. The summed E-state index contributed by atoms with van der Waals surface area (Å²) in [4.78, 5) is 21.7. The van der Waals surface area contributed by atoms with Crippen molar-refractivity contribution >= 4 is 29.5 Å². The highest BCUT2D eigenvalue weighted by molar-refractivity contribution is 6.30. The van der Waals surface area contributed by atoms with Gasteiger partial charge in [0.05, 0.1) is 5.56 Å². The molecule has 3 N–H and O–H groups in total. The number of furan rings is 1. The van der Waals surface area contributed by atoms with Gasteiger partial charge in [0, 0.05) is 11.9 Å². The molecule has 0 unspecified atom stereocenters. The zero-order chi connectivity index (χ0) is 16.4. The minimum atomic E-state index is -1.52. The molecule has 22 heavy (non-hydrogen) atoms. The van der Waals surface area contributed by atoms with Gasteiger partial charge in [-0.15, -0.1) is 0 Å². The number of carboxylic acid groups (broad SMARTS) is 1. The van der Waals surface area contributed by atoms with Gasteiger partial charge in [-0.05, 0) is 18.2 Å². The quantitative estimate of drug-likeness (QED) is 0.744. The molecule has 0 bridgehead atoms. The summed E-state index contributed by atoms with van der Waals surface area (Å²) in [7, 11) is 0. The molecule has 0 aliphatic carbocycles. The minimum Gasteiger partial charge on any atom is -0.502 e. The summed E-state index contributed by atoms with van der Waals surface area (Å²) in [5.41, 5.74) is -0.186. The van der Waals surface area contributed by atoms with E-state index in [0.717, 1.165) is 13.0 Å². The Morgan fingerprint density at radius 3 is 2.64 bits per heavy atom. The maximum absolute atomic E-state index is 13.9. The molecule has 0 saturated carbocycles. The Morgan fingerprint density at radius 1 is 1.41 bits per heavy atom. The Bertz CT molecular complexity index is 757. The smallest absolute Gasteiger partial charge is 0.411 e. The fourth-order valence-corrected chi connectivity index (χ4v) is 1.84. The molecule has 9 heteroatoms. The van der Waals surface area contributed by atoms with Gasteiger partial charge >= 0.3 is 12.1 Å². The lowest BCUT2D eigenvalue weighted by molar-refractivity contribution is -0.132. The third-order valence-corrected chi connectivity index (χ3v) is 2.72. The van der Waals surface area contributed by atoms with Crippen LogP contribution < -0.4 is 10.1 Å². The maximum Gasteiger partial charge on any atom is 0.411 e. The van der Waals surface area contributed by atoms with E-state index in [2.05, 4.69) is 4.74 Å². The molecule has 0 saturated heterocycles. The van der Waals surface area contributed by atoms with E-state index in [0.29, 0.717) is 0 Å². The number of esters is 1. The van der Waals surface area contributed by atoms with Crippen molar-refractivity contribution in [3.8, 4) is 22.8 Å². The van der Waals surface area contributed by atoms with Crippen LogP contribution in [0, 0.1) is 5.82 Å². The van der Waals surface area contributed by atoms with Crippen LogP contribution in [0.5, 0.6) is 11.5 Å². The molecule has 0 aliphatic rings. The second kappa shape index (κ2) is 5.94. The Kier molecular flexibility index (Phi) is 4.22. The summed E-state index contributed by atoms with van der Waals surface area (Å²) in [6, 6.07) is 3.55. The molecular formula is C13H9ClFNO6. The zero-order valence-electron chi connectivity index (χ0n) is 11.0. The van der Waals surface area contributed by atoms with Crippen molar-refractivity contribution in [3.63, 3.8) is 0 Å². The van der Waals surface area contributed by atoms with Crippen LogP contribution >= 0.6 is 11.6 Å². The minimum absolute atomic E-state index is 0.122. The lowest BCUT2D eigenvalue weighted by Gasteiger charge is -2.01. The van der Waals surface area contributed by atoms with Crippen molar-refractivity contribution in [1.29, 1.82) is 0 Å². The number of carbonyl (C=O) groups is 2. The van der Waals surface area contributed by atoms with Gasteiger partial charge in [-0.3, -0.25) is 10.1 Å². The molecule has 7 nitrogen and oxygen atoms in total. The highest BCUT2D eigenvalue weighted by atomic mass is 35.5. The van der Waals surface area contributed by atoms with Gasteiger partial charge in [-0.1, -0.05) is 11.6 Å². The van der Waals surface area contributed by atoms with E-state index in [4.69, 9.17) is 21.1 Å². The molecule has 116 valence electrons. The first kappa shape index (κ1) is 15.6. The number of benzene rings is 1. The molecule has 0 aliphatic heterocycles. The van der Waals surface area contributed by atoms with Gasteiger partial charge in [0.1, 0.15) is 5.82 Å². The highest BCUT2D eigenvalue weighted by Crippen LogP contribution is 2.47. The Morgan fingerprint density at radius 2 is 2.09 bits per heavy atom. The van der Waals surface area contributed by atoms with Gasteiger partial charge in [-0.2, -0.15) is 0 Å². The average Bonchev–Trinajstić information content (AvgIpc) is 2.66. The largest absolute Gasteiger partial charge is 0.502 e. The lowest BCUT2D eigenvalue weighted by Crippen LogP contribution is -2.09. The van der Waals surface area contributed by atoms with Crippen LogP contribution in [0.1, 0.15) is 6.92 Å². The molecule has 1 heterocycles. The predicted octanol–water partition coefficient (Wildman–Crippen LogP) is 3.46. The number of rotatable bonds is 3.